The van der Waals surface area contributed by atoms with Crippen molar-refractivity contribution in [2.75, 3.05) is 25.6 Å². The van der Waals surface area contributed by atoms with Crippen molar-refractivity contribution in [1.29, 1.82) is 0 Å². The normalized spacial score (nSPS) is 25.3. The molecular formula is C7H12ClNO2. The summed E-state index contributed by atoms with van der Waals surface area (Å²) < 4.78 is 5.27. The summed E-state index contributed by atoms with van der Waals surface area (Å²) in [6, 6.07) is 0. The number of hydrogen-bond donors (Lipinski definition) is 0. The number of ether oxygens (including phenoxy) is 1. The van der Waals surface area contributed by atoms with Crippen LogP contribution in [0.4, 0.5) is 0 Å². The molecule has 4 heteroatoms. The molecule has 64 valence electrons. The lowest BCUT2D eigenvalue weighted by molar-refractivity contribution is -0.135. The first-order chi connectivity index (χ1) is 5.24. The second-order valence-corrected chi connectivity index (χ2v) is 2.92. The molecule has 0 bridgehead atoms. The van der Waals surface area contributed by atoms with Crippen LogP contribution in [-0.2, 0) is 9.53 Å². The van der Waals surface area contributed by atoms with Crippen LogP contribution < -0.4 is 0 Å². The number of halogens is 1. The molecule has 1 aliphatic rings. The van der Waals surface area contributed by atoms with Gasteiger partial charge >= 0.3 is 0 Å². The van der Waals surface area contributed by atoms with Crippen LogP contribution >= 0.6 is 11.6 Å². The molecule has 1 fully saturated rings. The highest BCUT2D eigenvalue weighted by Gasteiger charge is 2.19. The Bertz CT molecular complexity index is 151. The van der Waals surface area contributed by atoms with E-state index in [9.17, 15) is 4.79 Å². The van der Waals surface area contributed by atoms with Crippen molar-refractivity contribution in [3.63, 3.8) is 0 Å². The quantitative estimate of drug-likeness (QED) is 0.545. The summed E-state index contributed by atoms with van der Waals surface area (Å²) in [5.74, 6) is 0.0778. The summed E-state index contributed by atoms with van der Waals surface area (Å²) in [6.45, 7) is 3.93. The third kappa shape index (κ3) is 2.34. The maximum absolute atomic E-state index is 11.1. The maximum atomic E-state index is 11.1. The molecule has 0 N–H and O–H groups in total. The molecule has 0 aromatic heterocycles. The van der Waals surface area contributed by atoms with Gasteiger partial charge in [0, 0.05) is 13.1 Å². The van der Waals surface area contributed by atoms with Crippen LogP contribution in [0.2, 0.25) is 0 Å². The van der Waals surface area contributed by atoms with Gasteiger partial charge in [0.25, 0.3) is 0 Å². The predicted octanol–water partition coefficient (Wildman–Crippen LogP) is 0.472. The van der Waals surface area contributed by atoms with Gasteiger partial charge in [0.15, 0.2) is 0 Å². The second-order valence-electron chi connectivity index (χ2n) is 2.65. The Hall–Kier alpha value is -0.280. The molecule has 0 aromatic rings. The largest absolute Gasteiger partial charge is 0.375 e. The van der Waals surface area contributed by atoms with E-state index in [0.717, 1.165) is 0 Å². The summed E-state index contributed by atoms with van der Waals surface area (Å²) in [6.07, 6.45) is 0.149. The predicted molar refractivity (Wildman–Crippen MR) is 42.7 cm³/mol. The highest BCUT2D eigenvalue weighted by molar-refractivity contribution is 6.27. The van der Waals surface area contributed by atoms with E-state index in [2.05, 4.69) is 0 Å². The van der Waals surface area contributed by atoms with Crippen LogP contribution in [-0.4, -0.2) is 42.5 Å². The molecule has 0 unspecified atom stereocenters. The third-order valence-corrected chi connectivity index (χ3v) is 1.94. The zero-order valence-electron chi connectivity index (χ0n) is 6.55. The van der Waals surface area contributed by atoms with Gasteiger partial charge in [-0.2, -0.15) is 0 Å². The molecule has 1 heterocycles. The number of carbonyl (C=O) groups is 1. The van der Waals surface area contributed by atoms with Gasteiger partial charge in [-0.15, -0.1) is 11.6 Å². The van der Waals surface area contributed by atoms with Crippen LogP contribution in [0.5, 0.6) is 0 Å². The van der Waals surface area contributed by atoms with E-state index in [1.54, 1.807) is 4.90 Å². The van der Waals surface area contributed by atoms with Gasteiger partial charge in [-0.1, -0.05) is 0 Å². The molecule has 0 aromatic carbocycles. The zero-order chi connectivity index (χ0) is 8.27. The molecule has 0 aliphatic carbocycles. The van der Waals surface area contributed by atoms with E-state index in [0.29, 0.717) is 19.7 Å². The van der Waals surface area contributed by atoms with Gasteiger partial charge in [0.1, 0.15) is 5.88 Å². The first kappa shape index (κ1) is 8.81. The van der Waals surface area contributed by atoms with Gasteiger partial charge in [0.05, 0.1) is 12.7 Å². The van der Waals surface area contributed by atoms with Crippen molar-refractivity contribution in [1.82, 2.24) is 4.90 Å². The smallest absolute Gasteiger partial charge is 0.237 e. The first-order valence-corrected chi connectivity index (χ1v) is 4.23. The molecule has 1 aliphatic heterocycles. The van der Waals surface area contributed by atoms with E-state index in [1.807, 2.05) is 6.92 Å². The summed E-state index contributed by atoms with van der Waals surface area (Å²) in [5.41, 5.74) is 0. The topological polar surface area (TPSA) is 29.5 Å². The Morgan fingerprint density at radius 1 is 1.82 bits per heavy atom. The number of morpholine rings is 1. The molecule has 1 amide bonds. The monoisotopic (exact) mass is 177 g/mol. The van der Waals surface area contributed by atoms with Gasteiger partial charge < -0.3 is 9.64 Å². The second kappa shape index (κ2) is 3.93. The molecule has 1 saturated heterocycles. The van der Waals surface area contributed by atoms with Crippen LogP contribution in [0.3, 0.4) is 0 Å². The summed E-state index contributed by atoms with van der Waals surface area (Å²) in [7, 11) is 0. The van der Waals surface area contributed by atoms with Crippen molar-refractivity contribution in [3.05, 3.63) is 0 Å². The van der Waals surface area contributed by atoms with E-state index in [-0.39, 0.29) is 17.9 Å². The molecule has 0 spiro atoms. The third-order valence-electron chi connectivity index (χ3n) is 1.71. The van der Waals surface area contributed by atoms with Crippen LogP contribution in [0, 0.1) is 0 Å². The van der Waals surface area contributed by atoms with Crippen molar-refractivity contribution < 1.29 is 9.53 Å². The molecule has 0 saturated carbocycles. The number of carbonyl (C=O) groups excluding carboxylic acids is 1. The van der Waals surface area contributed by atoms with Gasteiger partial charge in [-0.05, 0) is 6.92 Å². The average molecular weight is 178 g/mol. The zero-order valence-corrected chi connectivity index (χ0v) is 7.30. The molecule has 0 radical (unpaired) electrons. The van der Waals surface area contributed by atoms with E-state index in [4.69, 9.17) is 16.3 Å². The minimum Gasteiger partial charge on any atom is -0.375 e. The number of nitrogens with zero attached hydrogens (tertiary/aromatic N) is 1. The van der Waals surface area contributed by atoms with Crippen LogP contribution in [0.25, 0.3) is 0 Å². The Labute approximate surface area is 71.3 Å². The fourth-order valence-corrected chi connectivity index (χ4v) is 1.30. The minimum atomic E-state index is 0.00168. The van der Waals surface area contributed by atoms with Crippen molar-refractivity contribution >= 4 is 17.5 Å². The lowest BCUT2D eigenvalue weighted by Crippen LogP contribution is -2.45. The van der Waals surface area contributed by atoms with Crippen molar-refractivity contribution in [2.45, 2.75) is 13.0 Å². The molecule has 1 rings (SSSR count). The van der Waals surface area contributed by atoms with E-state index >= 15 is 0 Å². The average Bonchev–Trinajstić information content (AvgIpc) is 2.03. The number of amides is 1. The van der Waals surface area contributed by atoms with Gasteiger partial charge in [0.2, 0.25) is 5.91 Å². The summed E-state index contributed by atoms with van der Waals surface area (Å²) >= 11 is 5.40. The Morgan fingerprint density at radius 3 is 3.09 bits per heavy atom. The van der Waals surface area contributed by atoms with E-state index < -0.39 is 0 Å². The fraction of sp³-hybridized carbons (Fsp3) is 0.857. The fourth-order valence-electron chi connectivity index (χ4n) is 1.13. The van der Waals surface area contributed by atoms with Gasteiger partial charge in [-0.25, -0.2) is 0 Å². The Morgan fingerprint density at radius 2 is 2.55 bits per heavy atom. The molecular weight excluding hydrogens is 166 g/mol. The summed E-state index contributed by atoms with van der Waals surface area (Å²) in [4.78, 5) is 12.8. The lowest BCUT2D eigenvalue weighted by atomic mass is 10.3. The SMILES string of the molecule is C[C@H]1CN(C(=O)CCl)CCO1. The Kier molecular flexibility index (Phi) is 3.15. The first-order valence-electron chi connectivity index (χ1n) is 3.69. The van der Waals surface area contributed by atoms with Gasteiger partial charge in [-0.3, -0.25) is 4.79 Å². The van der Waals surface area contributed by atoms with Crippen LogP contribution in [0.1, 0.15) is 6.92 Å². The summed E-state index contributed by atoms with van der Waals surface area (Å²) in [5, 5.41) is 0. The van der Waals surface area contributed by atoms with Crippen molar-refractivity contribution in [2.24, 2.45) is 0 Å². The highest BCUT2D eigenvalue weighted by atomic mass is 35.5. The number of hydrogen-bond acceptors (Lipinski definition) is 2. The van der Waals surface area contributed by atoms with Crippen molar-refractivity contribution in [3.8, 4) is 0 Å². The molecule has 11 heavy (non-hydrogen) atoms. The molecule has 1 atom stereocenters. The van der Waals surface area contributed by atoms with Crippen LogP contribution in [0.15, 0.2) is 0 Å². The maximum Gasteiger partial charge on any atom is 0.237 e. The lowest BCUT2D eigenvalue weighted by Gasteiger charge is -2.30. The minimum absolute atomic E-state index is 0.00168. The van der Waals surface area contributed by atoms with E-state index in [1.165, 1.54) is 0 Å². The molecule has 3 nitrogen and oxygen atoms in total. The number of alkyl halides is 1. The highest BCUT2D eigenvalue weighted by Crippen LogP contribution is 2.04. The Balaban J connectivity index is 2.39. The standard InChI is InChI=1S/C7H12ClNO2/c1-6-5-9(2-3-11-6)7(10)4-8/h6H,2-5H2,1H3/t6-/m0/s1. The number of rotatable bonds is 1.